The first-order valence-electron chi connectivity index (χ1n) is 3.99. The number of benzene rings is 1. The van der Waals surface area contributed by atoms with Crippen molar-refractivity contribution >= 4 is 21.6 Å². The number of hydrogen-bond acceptors (Lipinski definition) is 2. The maximum absolute atomic E-state index is 8.82. The first-order valence-corrected chi connectivity index (χ1v) is 4.78. The van der Waals surface area contributed by atoms with Crippen molar-refractivity contribution in [1.29, 1.82) is 5.26 Å². The number of nitrogens with zero attached hydrogens (tertiary/aromatic N) is 1. The van der Waals surface area contributed by atoms with Crippen LogP contribution in [0.15, 0.2) is 28.7 Å². The molecule has 0 aliphatic rings. The number of halogens is 1. The second-order valence-corrected chi connectivity index (χ2v) is 4.20. The summed E-state index contributed by atoms with van der Waals surface area (Å²) in [6.45, 7) is 3.68. The van der Waals surface area contributed by atoms with Crippen molar-refractivity contribution in [2.24, 2.45) is 0 Å². The van der Waals surface area contributed by atoms with E-state index in [4.69, 9.17) is 5.26 Å². The predicted octanol–water partition coefficient (Wildman–Crippen LogP) is 3.16. The van der Waals surface area contributed by atoms with Crippen LogP contribution in [0.1, 0.15) is 13.8 Å². The SMILES string of the molecule is CC(C)(C#N)Nc1ccccc1Br. The van der Waals surface area contributed by atoms with Crippen LogP contribution in [-0.4, -0.2) is 5.54 Å². The van der Waals surface area contributed by atoms with Crippen molar-refractivity contribution in [1.82, 2.24) is 0 Å². The highest BCUT2D eigenvalue weighted by Crippen LogP contribution is 2.24. The minimum absolute atomic E-state index is 0.538. The van der Waals surface area contributed by atoms with Gasteiger partial charge < -0.3 is 5.32 Å². The highest BCUT2D eigenvalue weighted by atomic mass is 79.9. The minimum Gasteiger partial charge on any atom is -0.367 e. The molecule has 0 spiro atoms. The lowest BCUT2D eigenvalue weighted by atomic mass is 10.1. The Kier molecular flexibility index (Phi) is 2.94. The number of nitriles is 1. The lowest BCUT2D eigenvalue weighted by Crippen LogP contribution is -2.28. The van der Waals surface area contributed by atoms with Gasteiger partial charge in [-0.25, -0.2) is 0 Å². The van der Waals surface area contributed by atoms with Gasteiger partial charge in [-0.2, -0.15) is 5.26 Å². The third-order valence-corrected chi connectivity index (χ3v) is 2.29. The monoisotopic (exact) mass is 238 g/mol. The van der Waals surface area contributed by atoms with E-state index in [9.17, 15) is 0 Å². The molecule has 0 aliphatic heterocycles. The van der Waals surface area contributed by atoms with Crippen LogP contribution in [0.4, 0.5) is 5.69 Å². The molecule has 13 heavy (non-hydrogen) atoms. The van der Waals surface area contributed by atoms with E-state index < -0.39 is 5.54 Å². The predicted molar refractivity (Wildman–Crippen MR) is 57.5 cm³/mol. The third kappa shape index (κ3) is 2.74. The van der Waals surface area contributed by atoms with E-state index in [0.29, 0.717) is 0 Å². The summed E-state index contributed by atoms with van der Waals surface area (Å²) in [6, 6.07) is 9.93. The van der Waals surface area contributed by atoms with Gasteiger partial charge in [0.1, 0.15) is 5.54 Å². The Labute approximate surface area is 86.7 Å². The standard InChI is InChI=1S/C10H11BrN2/c1-10(2,7-12)13-9-6-4-3-5-8(9)11/h3-6,13H,1-2H3. The van der Waals surface area contributed by atoms with Crippen molar-refractivity contribution in [3.05, 3.63) is 28.7 Å². The third-order valence-electron chi connectivity index (χ3n) is 1.60. The highest BCUT2D eigenvalue weighted by molar-refractivity contribution is 9.10. The number of nitrogens with one attached hydrogen (secondary N) is 1. The molecule has 0 aliphatic carbocycles. The van der Waals surface area contributed by atoms with Gasteiger partial charge in [0, 0.05) is 10.2 Å². The summed E-state index contributed by atoms with van der Waals surface area (Å²) in [5.41, 5.74) is 0.401. The van der Waals surface area contributed by atoms with Gasteiger partial charge in [0.05, 0.1) is 6.07 Å². The van der Waals surface area contributed by atoms with Crippen molar-refractivity contribution < 1.29 is 0 Å². The lowest BCUT2D eigenvalue weighted by molar-refractivity contribution is 0.728. The Morgan fingerprint density at radius 3 is 2.54 bits per heavy atom. The molecule has 0 saturated heterocycles. The second-order valence-electron chi connectivity index (χ2n) is 3.34. The summed E-state index contributed by atoms with van der Waals surface area (Å²) in [6.07, 6.45) is 0. The van der Waals surface area contributed by atoms with Gasteiger partial charge in [-0.05, 0) is 41.9 Å². The van der Waals surface area contributed by atoms with Crippen LogP contribution in [0, 0.1) is 11.3 Å². The van der Waals surface area contributed by atoms with Crippen LogP contribution in [0.3, 0.4) is 0 Å². The summed E-state index contributed by atoms with van der Waals surface area (Å²) < 4.78 is 0.971. The molecule has 0 heterocycles. The Morgan fingerprint density at radius 1 is 1.38 bits per heavy atom. The molecule has 1 aromatic rings. The summed E-state index contributed by atoms with van der Waals surface area (Å²) >= 11 is 3.41. The number of rotatable bonds is 2. The van der Waals surface area contributed by atoms with Crippen LogP contribution in [0.25, 0.3) is 0 Å². The molecule has 1 N–H and O–H groups in total. The van der Waals surface area contributed by atoms with E-state index >= 15 is 0 Å². The molecular weight excluding hydrogens is 228 g/mol. The lowest BCUT2D eigenvalue weighted by Gasteiger charge is -2.19. The molecule has 68 valence electrons. The quantitative estimate of drug-likeness (QED) is 0.860. The average Bonchev–Trinajstić information content (AvgIpc) is 2.09. The van der Waals surface area contributed by atoms with E-state index in [-0.39, 0.29) is 0 Å². The molecule has 0 amide bonds. The van der Waals surface area contributed by atoms with Crippen molar-refractivity contribution in [3.63, 3.8) is 0 Å². The minimum atomic E-state index is -0.538. The van der Waals surface area contributed by atoms with E-state index in [1.54, 1.807) is 0 Å². The Morgan fingerprint density at radius 2 is 2.00 bits per heavy atom. The van der Waals surface area contributed by atoms with Gasteiger partial charge in [-0.1, -0.05) is 12.1 Å². The van der Waals surface area contributed by atoms with Crippen molar-refractivity contribution in [2.75, 3.05) is 5.32 Å². The summed E-state index contributed by atoms with van der Waals surface area (Å²) in [4.78, 5) is 0. The van der Waals surface area contributed by atoms with Crippen molar-refractivity contribution in [2.45, 2.75) is 19.4 Å². The Hall–Kier alpha value is -1.01. The molecule has 0 saturated carbocycles. The average molecular weight is 239 g/mol. The molecule has 0 unspecified atom stereocenters. The Balaban J connectivity index is 2.88. The second kappa shape index (κ2) is 3.80. The molecule has 3 heteroatoms. The molecule has 0 aromatic heterocycles. The fourth-order valence-electron chi connectivity index (χ4n) is 0.927. The van der Waals surface area contributed by atoms with Crippen LogP contribution in [0.2, 0.25) is 0 Å². The molecule has 1 aromatic carbocycles. The van der Waals surface area contributed by atoms with E-state index in [1.807, 2.05) is 38.1 Å². The maximum atomic E-state index is 8.82. The molecule has 2 nitrogen and oxygen atoms in total. The summed E-state index contributed by atoms with van der Waals surface area (Å²) in [5.74, 6) is 0. The van der Waals surface area contributed by atoms with Gasteiger partial charge in [0.25, 0.3) is 0 Å². The summed E-state index contributed by atoms with van der Waals surface area (Å²) in [5, 5.41) is 11.9. The molecule has 0 bridgehead atoms. The molecular formula is C10H11BrN2. The van der Waals surface area contributed by atoms with Gasteiger partial charge in [0.2, 0.25) is 0 Å². The zero-order valence-corrected chi connectivity index (χ0v) is 9.22. The number of anilines is 1. The number of para-hydroxylation sites is 1. The molecule has 0 atom stereocenters. The first kappa shape index (κ1) is 10.1. The van der Waals surface area contributed by atoms with Crippen LogP contribution in [0.5, 0.6) is 0 Å². The fraction of sp³-hybridized carbons (Fsp3) is 0.300. The maximum Gasteiger partial charge on any atom is 0.119 e. The fourth-order valence-corrected chi connectivity index (χ4v) is 1.31. The number of hydrogen-bond donors (Lipinski definition) is 1. The van der Waals surface area contributed by atoms with Gasteiger partial charge >= 0.3 is 0 Å². The van der Waals surface area contributed by atoms with Gasteiger partial charge in [0.15, 0.2) is 0 Å². The normalized spacial score (nSPS) is 10.6. The van der Waals surface area contributed by atoms with E-state index in [0.717, 1.165) is 10.2 Å². The molecule has 0 fully saturated rings. The van der Waals surface area contributed by atoms with Crippen LogP contribution in [-0.2, 0) is 0 Å². The summed E-state index contributed by atoms with van der Waals surface area (Å²) in [7, 11) is 0. The van der Waals surface area contributed by atoms with Gasteiger partial charge in [-0.3, -0.25) is 0 Å². The zero-order chi connectivity index (χ0) is 9.90. The largest absolute Gasteiger partial charge is 0.367 e. The van der Waals surface area contributed by atoms with Crippen LogP contribution >= 0.6 is 15.9 Å². The van der Waals surface area contributed by atoms with E-state index in [1.165, 1.54) is 0 Å². The highest BCUT2D eigenvalue weighted by Gasteiger charge is 2.16. The Bertz CT molecular complexity index is 339. The molecule has 0 radical (unpaired) electrons. The van der Waals surface area contributed by atoms with Crippen molar-refractivity contribution in [3.8, 4) is 6.07 Å². The van der Waals surface area contributed by atoms with E-state index in [2.05, 4.69) is 27.3 Å². The first-order chi connectivity index (χ1) is 6.05. The molecule has 1 rings (SSSR count). The van der Waals surface area contributed by atoms with Crippen LogP contribution < -0.4 is 5.32 Å². The van der Waals surface area contributed by atoms with Gasteiger partial charge in [-0.15, -0.1) is 0 Å². The smallest absolute Gasteiger partial charge is 0.119 e. The topological polar surface area (TPSA) is 35.8 Å². The zero-order valence-electron chi connectivity index (χ0n) is 7.63.